The van der Waals surface area contributed by atoms with Crippen molar-refractivity contribution < 1.29 is 0 Å². The van der Waals surface area contributed by atoms with Gasteiger partial charge in [0, 0.05) is 34.0 Å². The number of anilines is 3. The summed E-state index contributed by atoms with van der Waals surface area (Å²) < 4.78 is 0.990. The lowest BCUT2D eigenvalue weighted by atomic mass is 10.1. The summed E-state index contributed by atoms with van der Waals surface area (Å²) in [5.74, 6) is 1.29. The van der Waals surface area contributed by atoms with Gasteiger partial charge in [0.05, 0.1) is 11.4 Å². The fourth-order valence-electron chi connectivity index (χ4n) is 2.42. The van der Waals surface area contributed by atoms with Crippen molar-refractivity contribution in [3.05, 3.63) is 58.8 Å². The SMILES string of the molecule is Cc1ccc(Nc2cc(-c3cccnc3)nc(NC(C)(C)C)n2)c(Br)c1. The Morgan fingerprint density at radius 2 is 1.85 bits per heavy atom. The minimum absolute atomic E-state index is 0.144. The Balaban J connectivity index is 2.01. The molecule has 3 rings (SSSR count). The molecule has 2 aromatic heterocycles. The number of nitrogens with one attached hydrogen (secondary N) is 2. The molecule has 6 heteroatoms. The van der Waals surface area contributed by atoms with Crippen LogP contribution in [-0.2, 0) is 0 Å². The molecule has 5 nitrogen and oxygen atoms in total. The zero-order valence-corrected chi connectivity index (χ0v) is 16.9. The normalized spacial score (nSPS) is 11.3. The van der Waals surface area contributed by atoms with Crippen LogP contribution in [0.25, 0.3) is 11.3 Å². The average Bonchev–Trinajstić information content (AvgIpc) is 2.56. The van der Waals surface area contributed by atoms with Crippen LogP contribution in [0.4, 0.5) is 17.5 Å². The quantitative estimate of drug-likeness (QED) is 0.587. The molecule has 0 saturated carbocycles. The lowest BCUT2D eigenvalue weighted by Gasteiger charge is -2.21. The molecule has 3 aromatic rings. The lowest BCUT2D eigenvalue weighted by molar-refractivity contribution is 0.626. The molecule has 26 heavy (non-hydrogen) atoms. The Morgan fingerprint density at radius 1 is 1.04 bits per heavy atom. The summed E-state index contributed by atoms with van der Waals surface area (Å²) in [7, 11) is 0. The molecule has 2 N–H and O–H groups in total. The molecule has 0 bridgehead atoms. The van der Waals surface area contributed by atoms with Gasteiger partial charge in [-0.05, 0) is 73.5 Å². The predicted octanol–water partition coefficient (Wildman–Crippen LogP) is 5.56. The number of nitrogens with zero attached hydrogens (tertiary/aromatic N) is 3. The molecule has 0 fully saturated rings. The Morgan fingerprint density at radius 3 is 2.50 bits per heavy atom. The molecule has 0 radical (unpaired) electrons. The predicted molar refractivity (Wildman–Crippen MR) is 111 cm³/mol. The maximum absolute atomic E-state index is 4.65. The fourth-order valence-corrected chi connectivity index (χ4v) is 3.02. The molecule has 0 aliphatic carbocycles. The van der Waals surface area contributed by atoms with Crippen molar-refractivity contribution >= 4 is 33.4 Å². The van der Waals surface area contributed by atoms with Crippen molar-refractivity contribution in [1.29, 1.82) is 0 Å². The van der Waals surface area contributed by atoms with Crippen LogP contribution in [-0.4, -0.2) is 20.5 Å². The summed E-state index contributed by atoms with van der Waals surface area (Å²) in [6.45, 7) is 8.30. The molecule has 2 heterocycles. The molecule has 1 aromatic carbocycles. The summed E-state index contributed by atoms with van der Waals surface area (Å²) >= 11 is 3.60. The second-order valence-corrected chi connectivity index (χ2v) is 8.04. The maximum atomic E-state index is 4.65. The average molecular weight is 412 g/mol. The third-order valence-corrected chi connectivity index (χ3v) is 4.21. The van der Waals surface area contributed by atoms with Crippen molar-refractivity contribution in [2.45, 2.75) is 33.2 Å². The third kappa shape index (κ3) is 4.79. The number of hydrogen-bond acceptors (Lipinski definition) is 5. The van der Waals surface area contributed by atoms with E-state index in [2.05, 4.69) is 81.3 Å². The number of halogens is 1. The molecule has 0 aliphatic rings. The minimum atomic E-state index is -0.144. The van der Waals surface area contributed by atoms with Gasteiger partial charge in [0.15, 0.2) is 0 Å². The van der Waals surface area contributed by atoms with Crippen LogP contribution in [0.1, 0.15) is 26.3 Å². The second-order valence-electron chi connectivity index (χ2n) is 7.19. The Labute approximate surface area is 162 Å². The van der Waals surface area contributed by atoms with E-state index < -0.39 is 0 Å². The monoisotopic (exact) mass is 411 g/mol. The number of benzene rings is 1. The number of aromatic nitrogens is 3. The van der Waals surface area contributed by atoms with Crippen LogP contribution in [0.2, 0.25) is 0 Å². The van der Waals surface area contributed by atoms with Gasteiger partial charge < -0.3 is 10.6 Å². The highest BCUT2D eigenvalue weighted by molar-refractivity contribution is 9.10. The van der Waals surface area contributed by atoms with Gasteiger partial charge >= 0.3 is 0 Å². The molecule has 0 unspecified atom stereocenters. The highest BCUT2D eigenvalue weighted by Crippen LogP contribution is 2.28. The first-order valence-electron chi connectivity index (χ1n) is 8.41. The zero-order chi connectivity index (χ0) is 18.7. The first-order valence-corrected chi connectivity index (χ1v) is 9.20. The second kappa shape index (κ2) is 7.41. The minimum Gasteiger partial charge on any atom is -0.350 e. The molecule has 0 atom stereocenters. The summed E-state index contributed by atoms with van der Waals surface area (Å²) in [5, 5.41) is 6.72. The first kappa shape index (κ1) is 18.3. The summed E-state index contributed by atoms with van der Waals surface area (Å²) in [5.41, 5.74) is 3.75. The van der Waals surface area contributed by atoms with Crippen molar-refractivity contribution in [3.63, 3.8) is 0 Å². The number of aryl methyl sites for hydroxylation is 1. The summed E-state index contributed by atoms with van der Waals surface area (Å²) in [6, 6.07) is 12.0. The van der Waals surface area contributed by atoms with Crippen molar-refractivity contribution in [2.24, 2.45) is 0 Å². The van der Waals surface area contributed by atoms with Crippen LogP contribution >= 0.6 is 15.9 Å². The molecule has 0 amide bonds. The van der Waals surface area contributed by atoms with E-state index in [1.165, 1.54) is 5.56 Å². The molecule has 0 spiro atoms. The van der Waals surface area contributed by atoms with Crippen molar-refractivity contribution in [2.75, 3.05) is 10.6 Å². The van der Waals surface area contributed by atoms with Gasteiger partial charge in [-0.15, -0.1) is 0 Å². The van der Waals surface area contributed by atoms with Crippen molar-refractivity contribution in [1.82, 2.24) is 15.0 Å². The third-order valence-electron chi connectivity index (χ3n) is 3.56. The topological polar surface area (TPSA) is 62.7 Å². The van der Waals surface area contributed by atoms with Crippen LogP contribution in [0, 0.1) is 6.92 Å². The van der Waals surface area contributed by atoms with E-state index in [-0.39, 0.29) is 5.54 Å². The Kier molecular flexibility index (Phi) is 5.23. The van der Waals surface area contributed by atoms with E-state index in [1.54, 1.807) is 12.4 Å². The van der Waals surface area contributed by atoms with Gasteiger partial charge in [-0.25, -0.2) is 4.98 Å². The zero-order valence-electron chi connectivity index (χ0n) is 15.3. The number of rotatable bonds is 4. The molecule has 0 aliphatic heterocycles. The highest BCUT2D eigenvalue weighted by atomic mass is 79.9. The molecular weight excluding hydrogens is 390 g/mol. The molecular formula is C20H22BrN5. The smallest absolute Gasteiger partial charge is 0.225 e. The Hall–Kier alpha value is -2.47. The Bertz CT molecular complexity index is 904. The lowest BCUT2D eigenvalue weighted by Crippen LogP contribution is -2.27. The van der Waals surface area contributed by atoms with Crippen LogP contribution < -0.4 is 10.6 Å². The summed E-state index contributed by atoms with van der Waals surface area (Å²) in [6.07, 6.45) is 3.55. The van der Waals surface area contributed by atoms with E-state index in [0.29, 0.717) is 5.95 Å². The van der Waals surface area contributed by atoms with Gasteiger partial charge in [-0.1, -0.05) is 6.07 Å². The molecule has 0 saturated heterocycles. The van der Waals surface area contributed by atoms with Crippen LogP contribution in [0.15, 0.2) is 53.3 Å². The van der Waals surface area contributed by atoms with Gasteiger partial charge in [0.1, 0.15) is 5.82 Å². The van der Waals surface area contributed by atoms with Crippen LogP contribution in [0.5, 0.6) is 0 Å². The molecule has 134 valence electrons. The van der Waals surface area contributed by atoms with Gasteiger partial charge in [0.2, 0.25) is 5.95 Å². The van der Waals surface area contributed by atoms with Crippen molar-refractivity contribution in [3.8, 4) is 11.3 Å². The largest absolute Gasteiger partial charge is 0.350 e. The van der Waals surface area contributed by atoms with Gasteiger partial charge in [-0.2, -0.15) is 4.98 Å². The fraction of sp³-hybridized carbons (Fsp3) is 0.250. The number of hydrogen-bond donors (Lipinski definition) is 2. The van der Waals surface area contributed by atoms with E-state index in [4.69, 9.17) is 0 Å². The summed E-state index contributed by atoms with van der Waals surface area (Å²) in [4.78, 5) is 13.5. The van der Waals surface area contributed by atoms with Gasteiger partial charge in [0.25, 0.3) is 0 Å². The maximum Gasteiger partial charge on any atom is 0.225 e. The highest BCUT2D eigenvalue weighted by Gasteiger charge is 2.14. The van der Waals surface area contributed by atoms with E-state index in [0.717, 1.165) is 27.2 Å². The van der Waals surface area contributed by atoms with Gasteiger partial charge in [-0.3, -0.25) is 4.98 Å². The van der Waals surface area contributed by atoms with Crippen LogP contribution in [0.3, 0.4) is 0 Å². The van der Waals surface area contributed by atoms with E-state index in [9.17, 15) is 0 Å². The standard InChI is InChI=1S/C20H22BrN5/c1-13-7-8-16(15(21)10-13)23-18-11-17(14-6-5-9-22-12-14)24-19(25-18)26-20(2,3)4/h5-12H,1-4H3,(H2,23,24,25,26). The first-order chi connectivity index (χ1) is 12.3. The number of pyridine rings is 1. The van der Waals surface area contributed by atoms with E-state index >= 15 is 0 Å². The van der Waals surface area contributed by atoms with E-state index in [1.807, 2.05) is 24.3 Å².